The van der Waals surface area contributed by atoms with Gasteiger partial charge in [-0.15, -0.1) is 0 Å². The number of benzene rings is 2. The van der Waals surface area contributed by atoms with Crippen molar-refractivity contribution in [3.8, 4) is 5.75 Å². The van der Waals surface area contributed by atoms with Gasteiger partial charge < -0.3 is 14.8 Å². The zero-order chi connectivity index (χ0) is 23.6. The summed E-state index contributed by atoms with van der Waals surface area (Å²) in [4.78, 5) is 14.9. The van der Waals surface area contributed by atoms with Crippen LogP contribution in [0.25, 0.3) is 0 Å². The summed E-state index contributed by atoms with van der Waals surface area (Å²) in [6.45, 7) is 11.9. The van der Waals surface area contributed by atoms with E-state index >= 15 is 0 Å². The highest BCUT2D eigenvalue weighted by atomic mass is 16.5. The van der Waals surface area contributed by atoms with Crippen molar-refractivity contribution in [3.05, 3.63) is 64.2 Å². The second kappa shape index (κ2) is 9.86. The number of carbonyl (C=O) groups excluding carboxylic acids is 1. The highest BCUT2D eigenvalue weighted by Gasteiger charge is 2.54. The van der Waals surface area contributed by atoms with Crippen LogP contribution in [0.3, 0.4) is 0 Å². The van der Waals surface area contributed by atoms with E-state index < -0.39 is 0 Å². The van der Waals surface area contributed by atoms with Crippen molar-refractivity contribution in [1.82, 2.24) is 10.2 Å². The molecule has 1 heterocycles. The van der Waals surface area contributed by atoms with Gasteiger partial charge in [0, 0.05) is 25.0 Å². The Hall–Kier alpha value is -2.37. The molecule has 0 unspecified atom stereocenters. The van der Waals surface area contributed by atoms with E-state index in [9.17, 15) is 4.79 Å². The number of hydrogen-bond donors (Lipinski definition) is 1. The smallest absolute Gasteiger partial charge is 0.220 e. The van der Waals surface area contributed by atoms with E-state index in [1.807, 2.05) is 6.92 Å². The van der Waals surface area contributed by atoms with E-state index in [1.165, 1.54) is 27.8 Å². The van der Waals surface area contributed by atoms with Crippen LogP contribution in [0, 0.1) is 13.8 Å². The minimum Gasteiger partial charge on any atom is -0.496 e. The Bertz CT molecular complexity index is 995. The van der Waals surface area contributed by atoms with E-state index in [1.54, 1.807) is 7.11 Å². The first-order valence-electron chi connectivity index (χ1n) is 12.3. The number of nitrogens with zero attached hydrogens (tertiary/aromatic N) is 1. The first kappa shape index (κ1) is 23.8. The zero-order valence-electron chi connectivity index (χ0n) is 20.7. The molecule has 1 aliphatic heterocycles. The van der Waals surface area contributed by atoms with Crippen LogP contribution in [0.4, 0.5) is 0 Å². The largest absolute Gasteiger partial charge is 0.496 e. The maximum Gasteiger partial charge on any atom is 0.220 e. The second-order valence-corrected chi connectivity index (χ2v) is 9.54. The molecule has 2 aromatic rings. The number of carbonyl (C=O) groups is 1. The number of likely N-dealkylation sites (tertiary alicyclic amines) is 1. The lowest BCUT2D eigenvalue weighted by molar-refractivity contribution is -0.123. The monoisotopic (exact) mass is 450 g/mol. The average molecular weight is 451 g/mol. The van der Waals surface area contributed by atoms with Gasteiger partial charge in [-0.1, -0.05) is 37.3 Å². The van der Waals surface area contributed by atoms with Gasteiger partial charge in [-0.3, -0.25) is 9.69 Å². The fraction of sp³-hybridized carbons (Fsp3) is 0.536. The fourth-order valence-electron chi connectivity index (χ4n) is 5.87. The van der Waals surface area contributed by atoms with E-state index in [0.717, 1.165) is 38.2 Å². The molecule has 2 atom stereocenters. The molecule has 1 spiro atoms. The summed E-state index contributed by atoms with van der Waals surface area (Å²) in [5.41, 5.74) is 6.36. The molecule has 5 heteroatoms. The zero-order valence-corrected chi connectivity index (χ0v) is 20.7. The molecule has 178 valence electrons. The normalized spacial score (nSPS) is 21.7. The molecule has 0 radical (unpaired) electrons. The molecule has 1 amide bonds. The molecule has 5 nitrogen and oxygen atoms in total. The van der Waals surface area contributed by atoms with Crippen molar-refractivity contribution in [2.75, 3.05) is 26.8 Å². The Kier molecular flexibility index (Phi) is 7.10. The minimum atomic E-state index is -0.0772. The Morgan fingerprint density at radius 2 is 1.85 bits per heavy atom. The van der Waals surface area contributed by atoms with Crippen LogP contribution in [0.2, 0.25) is 0 Å². The number of methoxy groups -OCH3 is 1. The van der Waals surface area contributed by atoms with Crippen molar-refractivity contribution < 1.29 is 14.3 Å². The molecule has 33 heavy (non-hydrogen) atoms. The van der Waals surface area contributed by atoms with Crippen molar-refractivity contribution in [2.24, 2.45) is 0 Å². The third-order valence-corrected chi connectivity index (χ3v) is 7.66. The highest BCUT2D eigenvalue weighted by molar-refractivity contribution is 5.76. The molecule has 1 N–H and O–H groups in total. The Balaban J connectivity index is 1.57. The Labute approximate surface area is 198 Å². The van der Waals surface area contributed by atoms with Gasteiger partial charge in [0.05, 0.1) is 19.3 Å². The summed E-state index contributed by atoms with van der Waals surface area (Å²) < 4.78 is 11.9. The van der Waals surface area contributed by atoms with Gasteiger partial charge in [-0.2, -0.15) is 0 Å². The molecule has 0 saturated carbocycles. The number of amides is 1. The van der Waals surface area contributed by atoms with Gasteiger partial charge in [0.1, 0.15) is 5.75 Å². The van der Waals surface area contributed by atoms with Gasteiger partial charge in [-0.05, 0) is 80.6 Å². The van der Waals surface area contributed by atoms with Gasteiger partial charge in [-0.25, -0.2) is 0 Å². The van der Waals surface area contributed by atoms with Gasteiger partial charge in [0.15, 0.2) is 0 Å². The first-order chi connectivity index (χ1) is 15.9. The highest BCUT2D eigenvalue weighted by Crippen LogP contribution is 2.52. The summed E-state index contributed by atoms with van der Waals surface area (Å²) in [6, 6.07) is 13.0. The first-order valence-corrected chi connectivity index (χ1v) is 12.3. The summed E-state index contributed by atoms with van der Waals surface area (Å²) >= 11 is 0. The second-order valence-electron chi connectivity index (χ2n) is 9.54. The van der Waals surface area contributed by atoms with E-state index in [2.05, 4.69) is 67.4 Å². The Morgan fingerprint density at radius 3 is 2.52 bits per heavy atom. The maximum absolute atomic E-state index is 12.4. The number of piperidine rings is 1. The predicted octanol–water partition coefficient (Wildman–Crippen LogP) is 4.83. The number of ether oxygens (including phenoxy) is 2. The van der Waals surface area contributed by atoms with Gasteiger partial charge >= 0.3 is 0 Å². The van der Waals surface area contributed by atoms with Crippen LogP contribution in [-0.2, 0) is 21.5 Å². The van der Waals surface area contributed by atoms with Crippen LogP contribution in [0.1, 0.15) is 67.0 Å². The van der Waals surface area contributed by atoms with Crippen molar-refractivity contribution in [1.29, 1.82) is 0 Å². The lowest BCUT2D eigenvalue weighted by atomic mass is 9.71. The molecule has 2 aliphatic rings. The van der Waals surface area contributed by atoms with Gasteiger partial charge in [0.25, 0.3) is 0 Å². The van der Waals surface area contributed by atoms with Crippen LogP contribution >= 0.6 is 0 Å². The molecular formula is C28H38N2O3. The van der Waals surface area contributed by atoms with Crippen LogP contribution in [0.15, 0.2) is 36.4 Å². The van der Waals surface area contributed by atoms with Crippen molar-refractivity contribution in [2.45, 2.75) is 71.1 Å². The van der Waals surface area contributed by atoms with Crippen molar-refractivity contribution >= 4 is 5.91 Å². The molecule has 1 aliphatic carbocycles. The standard InChI is InChI=1S/C28H38N2O3/c1-6-25(31)29-26-22-10-8-9-11-23(22)28(27(26)33-7-2)12-14-30(15-13-28)18-21-16-20(4)24(32-5)17-19(21)3/h8-11,16-17,26-27H,6-7,12-15,18H2,1-5H3,(H,29,31)/t26-,27+/m1/s1. The lowest BCUT2D eigenvalue weighted by Gasteiger charge is -2.44. The minimum absolute atomic E-state index is 0.0254. The summed E-state index contributed by atoms with van der Waals surface area (Å²) in [6.07, 6.45) is 2.52. The van der Waals surface area contributed by atoms with Gasteiger partial charge in [0.2, 0.25) is 5.91 Å². The molecule has 0 aromatic heterocycles. The summed E-state index contributed by atoms with van der Waals surface area (Å²) in [7, 11) is 1.73. The van der Waals surface area contributed by atoms with E-state index in [4.69, 9.17) is 9.47 Å². The average Bonchev–Trinajstić information content (AvgIpc) is 3.06. The summed E-state index contributed by atoms with van der Waals surface area (Å²) in [5, 5.41) is 3.28. The molecular weight excluding hydrogens is 412 g/mol. The number of fused-ring (bicyclic) bond motifs is 2. The third kappa shape index (κ3) is 4.41. The third-order valence-electron chi connectivity index (χ3n) is 7.66. The van der Waals surface area contributed by atoms with E-state index in [-0.39, 0.29) is 23.5 Å². The van der Waals surface area contributed by atoms with Crippen LogP contribution in [-0.4, -0.2) is 43.7 Å². The number of rotatable bonds is 7. The molecule has 2 aromatic carbocycles. The Morgan fingerprint density at radius 1 is 1.12 bits per heavy atom. The summed E-state index contributed by atoms with van der Waals surface area (Å²) in [5.74, 6) is 1.04. The SMILES string of the molecule is CCO[C@H]1[C@H](NC(=O)CC)c2ccccc2C12CCN(Cc1cc(C)c(OC)cc1C)CC2. The number of hydrogen-bond acceptors (Lipinski definition) is 4. The van der Waals surface area contributed by atoms with E-state index in [0.29, 0.717) is 13.0 Å². The van der Waals surface area contributed by atoms with Crippen molar-refractivity contribution in [3.63, 3.8) is 0 Å². The quantitative estimate of drug-likeness (QED) is 0.656. The molecule has 4 rings (SSSR count). The van der Waals surface area contributed by atoms with Crippen LogP contribution in [0.5, 0.6) is 5.75 Å². The fourth-order valence-corrected chi connectivity index (χ4v) is 5.87. The topological polar surface area (TPSA) is 50.8 Å². The maximum atomic E-state index is 12.4. The number of aryl methyl sites for hydroxylation is 2. The molecule has 1 saturated heterocycles. The number of nitrogens with one attached hydrogen (secondary N) is 1. The molecule has 0 bridgehead atoms. The lowest BCUT2D eigenvalue weighted by Crippen LogP contribution is -2.50. The van der Waals surface area contributed by atoms with Crippen LogP contribution < -0.4 is 10.1 Å². The predicted molar refractivity (Wildman–Crippen MR) is 132 cm³/mol. The molecule has 1 fully saturated rings.